The van der Waals surface area contributed by atoms with Crippen molar-refractivity contribution in [2.75, 3.05) is 4.43 Å². The summed E-state index contributed by atoms with van der Waals surface area (Å²) in [6.07, 6.45) is 18.5. The predicted octanol–water partition coefficient (Wildman–Crippen LogP) is 18.9. The molecule has 0 N–H and O–H groups in total. The summed E-state index contributed by atoms with van der Waals surface area (Å²) in [5.41, 5.74) is 0. The van der Waals surface area contributed by atoms with Gasteiger partial charge in [-0.1, -0.05) is 215 Å². The molecule has 58 heavy (non-hydrogen) atoms. The molecule has 0 spiro atoms. The van der Waals surface area contributed by atoms with Crippen LogP contribution in [0.5, 0.6) is 0 Å². The first kappa shape index (κ1) is 53.8. The van der Waals surface area contributed by atoms with Gasteiger partial charge in [-0.3, -0.25) is 0 Å². The Balaban J connectivity index is 1.69. The fourth-order valence-electron chi connectivity index (χ4n) is 15.8. The maximum atomic E-state index is 2.84. The molecule has 3 saturated carbocycles. The quantitative estimate of drug-likeness (QED) is 0.0517. The van der Waals surface area contributed by atoms with E-state index in [1.165, 1.54) is 87.9 Å². The molecule has 0 saturated heterocycles. The summed E-state index contributed by atoms with van der Waals surface area (Å²) in [6, 6.07) is 0. The normalized spacial score (nSPS) is 32.0. The van der Waals surface area contributed by atoms with Crippen molar-refractivity contribution in [1.29, 1.82) is 0 Å². The minimum absolute atomic E-state index is 0.798. The van der Waals surface area contributed by atoms with Gasteiger partial charge in [0, 0.05) is 8.35 Å². The van der Waals surface area contributed by atoms with Crippen molar-refractivity contribution >= 4 is 45.2 Å². The largest absolute Gasteiger partial charge is 0.0861 e. The molecule has 3 aliphatic rings. The van der Waals surface area contributed by atoms with Gasteiger partial charge in [-0.05, 0) is 175 Å². The zero-order valence-corrected chi connectivity index (χ0v) is 46.8. The van der Waals surface area contributed by atoms with Crippen molar-refractivity contribution in [2.45, 2.75) is 212 Å². The molecular formula is C56H106I2. The molecule has 2 heteroatoms. The molecule has 3 fully saturated rings. The van der Waals surface area contributed by atoms with E-state index in [-0.39, 0.29) is 0 Å². The molecule has 0 aromatic carbocycles. The van der Waals surface area contributed by atoms with Crippen molar-refractivity contribution in [3.63, 3.8) is 0 Å². The number of hydrogen-bond donors (Lipinski definition) is 0. The molecule has 3 aliphatic carbocycles. The first-order valence-electron chi connectivity index (χ1n) is 26.7. The molecule has 0 aliphatic heterocycles. The molecule has 0 aromatic rings. The molecule has 0 aromatic heterocycles. The van der Waals surface area contributed by atoms with E-state index in [1.807, 2.05) is 0 Å². The summed E-state index contributed by atoms with van der Waals surface area (Å²) in [5.74, 6) is 20.5. The molecule has 21 unspecified atom stereocenters. The molecule has 344 valence electrons. The molecule has 0 heterocycles. The lowest BCUT2D eigenvalue weighted by molar-refractivity contribution is -0.0555. The zero-order valence-electron chi connectivity index (χ0n) is 42.5. The van der Waals surface area contributed by atoms with Crippen LogP contribution in [0.3, 0.4) is 0 Å². The van der Waals surface area contributed by atoms with Crippen molar-refractivity contribution in [1.82, 2.24) is 0 Å². The Morgan fingerprint density at radius 1 is 0.431 bits per heavy atom. The summed E-state index contributed by atoms with van der Waals surface area (Å²) in [7, 11) is 0. The minimum atomic E-state index is 0.798. The lowest BCUT2D eigenvalue weighted by atomic mass is 9.50. The minimum Gasteiger partial charge on any atom is -0.0861 e. The van der Waals surface area contributed by atoms with Crippen LogP contribution in [0.2, 0.25) is 0 Å². The van der Waals surface area contributed by atoms with E-state index in [0.717, 1.165) is 140 Å². The van der Waals surface area contributed by atoms with E-state index in [0.29, 0.717) is 0 Å². The first-order valence-corrected chi connectivity index (χ1v) is 29.4. The van der Waals surface area contributed by atoms with Gasteiger partial charge in [0.15, 0.2) is 0 Å². The van der Waals surface area contributed by atoms with Crippen molar-refractivity contribution in [2.24, 2.45) is 136 Å². The average molecular weight is 1030 g/mol. The van der Waals surface area contributed by atoms with Crippen LogP contribution in [0.15, 0.2) is 0 Å². The third kappa shape index (κ3) is 12.4. The lowest BCUT2D eigenvalue weighted by Crippen LogP contribution is -2.48. The second-order valence-electron chi connectivity index (χ2n) is 23.0. The van der Waals surface area contributed by atoms with Crippen molar-refractivity contribution < 1.29 is 0 Å². The monoisotopic (exact) mass is 1030 g/mol. The number of rotatable bonds is 29. The van der Waals surface area contributed by atoms with Gasteiger partial charge in [0.25, 0.3) is 0 Å². The highest BCUT2D eigenvalue weighted by Crippen LogP contribution is 2.61. The maximum Gasteiger partial charge on any atom is 0.0166 e. The van der Waals surface area contributed by atoms with E-state index in [9.17, 15) is 0 Å². The Hall–Kier alpha value is 1.46. The molecule has 0 amide bonds. The smallest absolute Gasteiger partial charge is 0.0166 e. The second kappa shape index (κ2) is 25.2. The summed E-state index contributed by atoms with van der Waals surface area (Å²) >= 11 is 5.67. The van der Waals surface area contributed by atoms with Gasteiger partial charge in [-0.25, -0.2) is 0 Å². The van der Waals surface area contributed by atoms with Crippen LogP contribution < -0.4 is 0 Å². The van der Waals surface area contributed by atoms with Crippen molar-refractivity contribution in [3.8, 4) is 0 Å². The van der Waals surface area contributed by atoms with Gasteiger partial charge >= 0.3 is 0 Å². The topological polar surface area (TPSA) is 0 Å². The van der Waals surface area contributed by atoms with E-state index >= 15 is 0 Å². The van der Waals surface area contributed by atoms with E-state index in [1.54, 1.807) is 0 Å². The SMILES string of the molecule is CCC(CC)C(I)C(C)C(C)C(C)C(CC)C(C)C1CC1C(CC)C(C)C1CCC1C(C)C1CCC1C(CC)C(CI)C(C)C(CC(C)C(CC)C(C)C)[C@@H](C)CC. The summed E-state index contributed by atoms with van der Waals surface area (Å²) in [4.78, 5) is 0. The lowest BCUT2D eigenvalue weighted by Gasteiger charge is -2.55. The highest BCUT2D eigenvalue weighted by atomic mass is 127. The third-order valence-electron chi connectivity index (χ3n) is 20.7. The van der Waals surface area contributed by atoms with Crippen LogP contribution in [-0.2, 0) is 0 Å². The van der Waals surface area contributed by atoms with Crippen LogP contribution in [-0.4, -0.2) is 8.35 Å². The van der Waals surface area contributed by atoms with Gasteiger partial charge in [0.1, 0.15) is 0 Å². The first-order chi connectivity index (χ1) is 27.5. The predicted molar refractivity (Wildman–Crippen MR) is 279 cm³/mol. The van der Waals surface area contributed by atoms with Gasteiger partial charge in [0.2, 0.25) is 0 Å². The molecule has 0 bridgehead atoms. The van der Waals surface area contributed by atoms with E-state index in [4.69, 9.17) is 0 Å². The average Bonchev–Trinajstić information content (AvgIpc) is 3.96. The van der Waals surface area contributed by atoms with Gasteiger partial charge < -0.3 is 0 Å². The Labute approximate surface area is 394 Å². The number of halogens is 2. The Kier molecular flexibility index (Phi) is 23.4. The summed E-state index contributed by atoms with van der Waals surface area (Å²) in [5, 5.41) is 0. The third-order valence-corrected chi connectivity index (χ3v) is 23.9. The molecule has 22 atom stereocenters. The van der Waals surface area contributed by atoms with Crippen LogP contribution >= 0.6 is 45.2 Å². The van der Waals surface area contributed by atoms with Gasteiger partial charge in [0.05, 0.1) is 0 Å². The van der Waals surface area contributed by atoms with Crippen LogP contribution in [0.4, 0.5) is 0 Å². The Morgan fingerprint density at radius 2 is 0.966 bits per heavy atom. The fraction of sp³-hybridized carbons (Fsp3) is 1.00. The molecule has 0 radical (unpaired) electrons. The highest BCUT2D eigenvalue weighted by molar-refractivity contribution is 14.1. The zero-order chi connectivity index (χ0) is 43.8. The maximum absolute atomic E-state index is 2.84. The van der Waals surface area contributed by atoms with Crippen LogP contribution in [0.25, 0.3) is 0 Å². The number of hydrogen-bond acceptors (Lipinski definition) is 0. The molecular weight excluding hydrogens is 926 g/mol. The Bertz CT molecular complexity index is 1110. The summed E-state index contributed by atoms with van der Waals surface area (Å²) in [6.45, 7) is 46.4. The van der Waals surface area contributed by atoms with Crippen LogP contribution in [0.1, 0.15) is 208 Å². The Morgan fingerprint density at radius 3 is 1.40 bits per heavy atom. The van der Waals surface area contributed by atoms with E-state index < -0.39 is 0 Å². The van der Waals surface area contributed by atoms with Gasteiger partial charge in [-0.2, -0.15) is 0 Å². The fourth-order valence-corrected chi connectivity index (χ4v) is 18.9. The van der Waals surface area contributed by atoms with Crippen molar-refractivity contribution in [3.05, 3.63) is 0 Å². The van der Waals surface area contributed by atoms with Gasteiger partial charge in [-0.15, -0.1) is 0 Å². The second-order valence-corrected chi connectivity index (χ2v) is 25.3. The van der Waals surface area contributed by atoms with Crippen LogP contribution in [0, 0.1) is 136 Å². The molecule has 3 rings (SSSR count). The summed E-state index contributed by atoms with van der Waals surface area (Å²) < 4.78 is 2.16. The number of alkyl halides is 2. The molecule has 0 nitrogen and oxygen atoms in total. The standard InChI is InChI=1S/C56H106I2/c1-19-34(10)52(30-35(11)44(22-4)33(8)9)42(18)55(32-57)47(25-7)51-29-28-50(51)41(17)49-27-26-48(49)40(16)46(24-6)54-31-53(54)39(15)45(23-5)37(13)36(12)38(14)56(58)43(20-2)21-3/h33-56H,19-32H2,1-18H3/t34-,35?,36?,37?,38?,39?,40?,41?,42?,44?,45?,46?,47?,48?,49?,50?,51?,52?,53?,54?,55?,56?/m0/s1. The van der Waals surface area contributed by atoms with E-state index in [2.05, 4.69) is 170 Å². The highest BCUT2D eigenvalue weighted by Gasteiger charge is 2.54.